The van der Waals surface area contributed by atoms with Crippen molar-refractivity contribution in [1.82, 2.24) is 30.5 Å². The molecule has 150 valence electrons. The van der Waals surface area contributed by atoms with Gasteiger partial charge in [0.15, 0.2) is 5.82 Å². The van der Waals surface area contributed by atoms with Crippen LogP contribution in [0.15, 0.2) is 24.4 Å². The second-order valence-electron chi connectivity index (χ2n) is 7.61. The Hall–Kier alpha value is -3.27. The maximum Gasteiger partial charge on any atom is 0.255 e. The molecule has 10 heteroatoms. The number of amides is 3. The first-order valence-electron chi connectivity index (χ1n) is 9.71. The Morgan fingerprint density at radius 2 is 2.07 bits per heavy atom. The molecule has 5 rings (SSSR count). The second-order valence-corrected chi connectivity index (χ2v) is 7.61. The third-order valence-corrected chi connectivity index (χ3v) is 5.66. The van der Waals surface area contributed by atoms with Crippen molar-refractivity contribution < 1.29 is 14.4 Å². The van der Waals surface area contributed by atoms with E-state index in [0.29, 0.717) is 36.9 Å². The van der Waals surface area contributed by atoms with E-state index >= 15 is 0 Å². The van der Waals surface area contributed by atoms with Crippen molar-refractivity contribution in [2.45, 2.75) is 38.0 Å². The van der Waals surface area contributed by atoms with E-state index in [1.54, 1.807) is 22.0 Å². The largest absolute Gasteiger partial charge is 0.363 e. The predicted molar refractivity (Wildman–Crippen MR) is 102 cm³/mol. The summed E-state index contributed by atoms with van der Waals surface area (Å²) in [6.45, 7) is 2.70. The Kier molecular flexibility index (Phi) is 4.27. The van der Waals surface area contributed by atoms with Gasteiger partial charge in [-0.3, -0.25) is 19.7 Å². The fourth-order valence-corrected chi connectivity index (χ4v) is 3.90. The molecule has 10 nitrogen and oxygen atoms in total. The van der Waals surface area contributed by atoms with Gasteiger partial charge in [0.2, 0.25) is 11.8 Å². The molecule has 2 fully saturated rings. The summed E-state index contributed by atoms with van der Waals surface area (Å²) in [6, 6.07) is 5.40. The van der Waals surface area contributed by atoms with Crippen molar-refractivity contribution in [3.63, 3.8) is 0 Å². The van der Waals surface area contributed by atoms with Crippen LogP contribution in [0.2, 0.25) is 0 Å². The zero-order valence-corrected chi connectivity index (χ0v) is 15.7. The lowest BCUT2D eigenvalue weighted by Gasteiger charge is -2.29. The molecule has 3 aliphatic rings. The molecule has 3 N–H and O–H groups in total. The van der Waals surface area contributed by atoms with Crippen LogP contribution in [0.1, 0.15) is 40.4 Å². The molecule has 0 aliphatic carbocycles. The summed E-state index contributed by atoms with van der Waals surface area (Å²) in [5, 5.41) is 17.5. The van der Waals surface area contributed by atoms with Crippen LogP contribution in [-0.2, 0) is 22.7 Å². The number of carbonyl (C=O) groups is 3. The lowest BCUT2D eigenvalue weighted by atomic mass is 10.0. The lowest BCUT2D eigenvalue weighted by Crippen LogP contribution is -2.52. The molecule has 2 saturated heterocycles. The molecule has 3 aliphatic heterocycles. The highest BCUT2D eigenvalue weighted by molar-refractivity contribution is 6.05. The van der Waals surface area contributed by atoms with Crippen LogP contribution in [0, 0.1) is 0 Å². The molecule has 4 heterocycles. The summed E-state index contributed by atoms with van der Waals surface area (Å²) in [5.74, 6) is -0.131. The highest BCUT2D eigenvalue weighted by Gasteiger charge is 2.39. The van der Waals surface area contributed by atoms with Crippen LogP contribution in [-0.4, -0.2) is 56.7 Å². The molecule has 1 aromatic carbocycles. The van der Waals surface area contributed by atoms with Crippen molar-refractivity contribution in [2.24, 2.45) is 0 Å². The summed E-state index contributed by atoms with van der Waals surface area (Å²) < 4.78 is 0. The van der Waals surface area contributed by atoms with Crippen LogP contribution in [0.5, 0.6) is 0 Å². The average molecular weight is 395 g/mol. The van der Waals surface area contributed by atoms with Gasteiger partial charge < -0.3 is 15.5 Å². The van der Waals surface area contributed by atoms with Gasteiger partial charge in [0.25, 0.3) is 5.91 Å². The summed E-state index contributed by atoms with van der Waals surface area (Å²) >= 11 is 0. The average Bonchev–Trinajstić information content (AvgIpc) is 3.23. The van der Waals surface area contributed by atoms with Crippen molar-refractivity contribution in [3.05, 3.63) is 41.1 Å². The minimum Gasteiger partial charge on any atom is -0.363 e. The number of nitrogens with one attached hydrogen (secondary N) is 3. The van der Waals surface area contributed by atoms with E-state index < -0.39 is 11.9 Å². The van der Waals surface area contributed by atoms with E-state index in [2.05, 4.69) is 26.1 Å². The van der Waals surface area contributed by atoms with Crippen molar-refractivity contribution in [1.29, 1.82) is 0 Å². The smallest absolute Gasteiger partial charge is 0.255 e. The SMILES string of the molecule is O=C1CCC(N2Cc3cc(CNc4cnn(C5CNC5)n4)ccc3C2=O)C(=O)N1. The molecule has 0 bridgehead atoms. The van der Waals surface area contributed by atoms with Crippen LogP contribution in [0.3, 0.4) is 0 Å². The quantitative estimate of drug-likeness (QED) is 0.599. The van der Waals surface area contributed by atoms with Crippen LogP contribution < -0.4 is 16.0 Å². The number of benzene rings is 1. The van der Waals surface area contributed by atoms with E-state index in [9.17, 15) is 14.4 Å². The number of imide groups is 1. The summed E-state index contributed by atoms with van der Waals surface area (Å²) in [7, 11) is 0. The van der Waals surface area contributed by atoms with Gasteiger partial charge in [0.05, 0.1) is 12.2 Å². The number of aromatic nitrogens is 3. The third kappa shape index (κ3) is 3.25. The number of nitrogens with zero attached hydrogens (tertiary/aromatic N) is 4. The van der Waals surface area contributed by atoms with E-state index in [0.717, 1.165) is 24.2 Å². The molecule has 3 amide bonds. The number of hydrogen-bond donors (Lipinski definition) is 3. The molecule has 1 unspecified atom stereocenters. The van der Waals surface area contributed by atoms with Gasteiger partial charge in [0, 0.05) is 38.2 Å². The lowest BCUT2D eigenvalue weighted by molar-refractivity contribution is -0.136. The number of rotatable bonds is 5. The molecular weight excluding hydrogens is 374 g/mol. The molecule has 0 saturated carbocycles. The molecule has 2 aromatic rings. The highest BCUT2D eigenvalue weighted by atomic mass is 16.2. The molecule has 0 spiro atoms. The van der Waals surface area contributed by atoms with Gasteiger partial charge in [0.1, 0.15) is 6.04 Å². The zero-order chi connectivity index (χ0) is 20.0. The van der Waals surface area contributed by atoms with Crippen LogP contribution in [0.25, 0.3) is 0 Å². The predicted octanol–water partition coefficient (Wildman–Crippen LogP) is -0.204. The topological polar surface area (TPSA) is 121 Å². The molecule has 1 aromatic heterocycles. The van der Waals surface area contributed by atoms with E-state index in [4.69, 9.17) is 0 Å². The van der Waals surface area contributed by atoms with Gasteiger partial charge in [-0.2, -0.15) is 9.90 Å². The third-order valence-electron chi connectivity index (χ3n) is 5.66. The van der Waals surface area contributed by atoms with Crippen molar-refractivity contribution in [3.8, 4) is 0 Å². The fourth-order valence-electron chi connectivity index (χ4n) is 3.90. The minimum absolute atomic E-state index is 0.161. The van der Waals surface area contributed by atoms with Gasteiger partial charge in [-0.05, 0) is 23.6 Å². The minimum atomic E-state index is -0.592. The monoisotopic (exact) mass is 395 g/mol. The second kappa shape index (κ2) is 6.96. The highest BCUT2D eigenvalue weighted by Crippen LogP contribution is 2.28. The number of hydrogen-bond acceptors (Lipinski definition) is 7. The molecule has 29 heavy (non-hydrogen) atoms. The first kappa shape index (κ1) is 17.8. The Labute approximate surface area is 166 Å². The number of carbonyl (C=O) groups excluding carboxylic acids is 3. The Bertz CT molecular complexity index is 997. The first-order chi connectivity index (χ1) is 14.1. The van der Waals surface area contributed by atoms with Gasteiger partial charge in [-0.15, -0.1) is 5.10 Å². The Balaban J connectivity index is 1.25. The Morgan fingerprint density at radius 1 is 1.21 bits per heavy atom. The fraction of sp³-hybridized carbons (Fsp3) is 0.421. The summed E-state index contributed by atoms with van der Waals surface area (Å²) in [4.78, 5) is 39.5. The molecular formula is C19H21N7O3. The van der Waals surface area contributed by atoms with Crippen molar-refractivity contribution in [2.75, 3.05) is 18.4 Å². The van der Waals surface area contributed by atoms with Gasteiger partial charge in [-0.25, -0.2) is 0 Å². The number of fused-ring (bicyclic) bond motifs is 1. The Morgan fingerprint density at radius 3 is 2.83 bits per heavy atom. The van der Waals surface area contributed by atoms with Crippen LogP contribution in [0.4, 0.5) is 5.82 Å². The van der Waals surface area contributed by atoms with Crippen molar-refractivity contribution >= 4 is 23.5 Å². The zero-order valence-electron chi connectivity index (χ0n) is 15.7. The molecule has 1 atom stereocenters. The maximum absolute atomic E-state index is 12.7. The molecule has 0 radical (unpaired) electrons. The maximum atomic E-state index is 12.7. The standard InChI is InChI=1S/C19H21N7O3/c27-17-4-3-15(18(28)23-17)25-10-12-5-11(1-2-14(12)19(25)29)6-21-16-9-22-26(24-16)13-7-20-8-13/h1-2,5,9,13,15,20H,3-4,6-8,10H2,(H,21,24)(H,23,27,28). The van der Waals surface area contributed by atoms with Gasteiger partial charge in [-0.1, -0.05) is 12.1 Å². The summed E-state index contributed by atoms with van der Waals surface area (Å²) in [6.07, 6.45) is 2.33. The van der Waals surface area contributed by atoms with E-state index in [-0.39, 0.29) is 18.2 Å². The number of piperidine rings is 1. The van der Waals surface area contributed by atoms with E-state index in [1.165, 1.54) is 0 Å². The first-order valence-corrected chi connectivity index (χ1v) is 9.71. The summed E-state index contributed by atoms with van der Waals surface area (Å²) in [5.41, 5.74) is 2.52. The van der Waals surface area contributed by atoms with E-state index in [1.807, 2.05) is 12.1 Å². The normalized spacial score (nSPS) is 21.7. The number of anilines is 1. The van der Waals surface area contributed by atoms with Gasteiger partial charge >= 0.3 is 0 Å². The van der Waals surface area contributed by atoms with Crippen LogP contribution >= 0.6 is 0 Å².